The summed E-state index contributed by atoms with van der Waals surface area (Å²) in [4.78, 5) is 49.6. The minimum Gasteiger partial charge on any atom is -0.370 e. The molecule has 5 aliphatic rings. The van der Waals surface area contributed by atoms with Gasteiger partial charge >= 0.3 is 0 Å². The van der Waals surface area contributed by atoms with Crippen molar-refractivity contribution >= 4 is 29.6 Å². The Kier molecular flexibility index (Phi) is 5.50. The van der Waals surface area contributed by atoms with Gasteiger partial charge in [-0.2, -0.15) is 0 Å². The molecule has 2 saturated heterocycles. The van der Waals surface area contributed by atoms with Crippen molar-refractivity contribution in [3.63, 3.8) is 0 Å². The lowest BCUT2D eigenvalue weighted by atomic mass is 9.71. The van der Waals surface area contributed by atoms with E-state index < -0.39 is 35.5 Å². The van der Waals surface area contributed by atoms with Crippen LogP contribution in [-0.2, 0) is 21.4 Å². The van der Waals surface area contributed by atoms with Crippen LogP contribution in [0.2, 0.25) is 0 Å². The number of likely N-dealkylation sites (tertiary alicyclic amines) is 1. The Labute approximate surface area is 225 Å². The number of aliphatic imine (C=N–C) groups is 2. The van der Waals surface area contributed by atoms with Crippen molar-refractivity contribution in [3.05, 3.63) is 34.9 Å². The number of hydrogen-bond acceptors (Lipinski definition) is 11. The summed E-state index contributed by atoms with van der Waals surface area (Å²) < 4.78 is 0. The van der Waals surface area contributed by atoms with E-state index in [2.05, 4.69) is 34.5 Å². The number of hydrogen-bond donors (Lipinski definition) is 6. The maximum atomic E-state index is 13.6. The third-order valence-electron chi connectivity index (χ3n) is 9.01. The summed E-state index contributed by atoms with van der Waals surface area (Å²) in [7, 11) is 0. The molecule has 0 aromatic heterocycles. The molecule has 1 aromatic rings. The zero-order valence-corrected chi connectivity index (χ0v) is 22.0. The fourth-order valence-corrected chi connectivity index (χ4v) is 7.03. The largest absolute Gasteiger partial charge is 0.370 e. The van der Waals surface area contributed by atoms with Crippen LogP contribution in [0.25, 0.3) is 0 Å². The lowest BCUT2D eigenvalue weighted by Gasteiger charge is -2.49. The predicted molar refractivity (Wildman–Crippen MR) is 140 cm³/mol. The molecule has 4 heterocycles. The van der Waals surface area contributed by atoms with Crippen LogP contribution in [0.1, 0.15) is 61.0 Å². The Hall–Kier alpha value is -3.71. The monoisotopic (exact) mass is 538 g/mol. The number of guanidine groups is 2. The van der Waals surface area contributed by atoms with E-state index in [0.29, 0.717) is 5.56 Å². The number of amides is 3. The van der Waals surface area contributed by atoms with Crippen LogP contribution in [0.3, 0.4) is 0 Å². The van der Waals surface area contributed by atoms with Gasteiger partial charge in [0.25, 0.3) is 5.91 Å². The van der Waals surface area contributed by atoms with E-state index in [1.807, 2.05) is 12.1 Å². The van der Waals surface area contributed by atoms with E-state index in [1.165, 1.54) is 4.90 Å². The van der Waals surface area contributed by atoms with Crippen molar-refractivity contribution in [3.8, 4) is 0 Å². The quantitative estimate of drug-likeness (QED) is 0.190. The first kappa shape index (κ1) is 25.6. The van der Waals surface area contributed by atoms with Crippen LogP contribution >= 0.6 is 0 Å². The van der Waals surface area contributed by atoms with E-state index in [9.17, 15) is 24.6 Å². The van der Waals surface area contributed by atoms with Crippen LogP contribution in [0, 0.1) is 0 Å². The highest BCUT2D eigenvalue weighted by molar-refractivity contribution is 6.02. The number of carbonyl (C=O) groups is 3. The SMILES string of the molecule is CC1(C)CCCc2c(C(=O)N[C@H]3CN4C(N)=N[C@@H](CN5C(=O)CCC5=O)[C@@H]5N=C(N)N[C@@]54C3(O)O)cccc21. The van der Waals surface area contributed by atoms with E-state index in [4.69, 9.17) is 11.5 Å². The first-order valence-electron chi connectivity index (χ1n) is 13.3. The molecule has 3 amide bonds. The van der Waals surface area contributed by atoms with Gasteiger partial charge < -0.3 is 37.2 Å². The summed E-state index contributed by atoms with van der Waals surface area (Å²) in [5.74, 6) is -3.82. The van der Waals surface area contributed by atoms with Gasteiger partial charge in [-0.25, -0.2) is 9.98 Å². The van der Waals surface area contributed by atoms with Gasteiger partial charge in [-0.3, -0.25) is 19.3 Å². The molecule has 1 spiro atoms. The first-order valence-corrected chi connectivity index (χ1v) is 13.3. The van der Waals surface area contributed by atoms with Crippen molar-refractivity contribution in [2.75, 3.05) is 13.1 Å². The highest BCUT2D eigenvalue weighted by Gasteiger charge is 2.73. The molecular formula is C26H34N8O5. The summed E-state index contributed by atoms with van der Waals surface area (Å²) >= 11 is 0. The average Bonchev–Trinajstić information content (AvgIpc) is 3.46. The number of nitrogens with zero attached hydrogens (tertiary/aromatic N) is 4. The lowest BCUT2D eigenvalue weighted by molar-refractivity contribution is -0.230. The van der Waals surface area contributed by atoms with Crippen LogP contribution in [0.5, 0.6) is 0 Å². The Balaban J connectivity index is 1.32. The number of benzene rings is 1. The number of nitrogens with one attached hydrogen (secondary N) is 2. The Morgan fingerprint density at radius 2 is 1.87 bits per heavy atom. The highest BCUT2D eigenvalue weighted by Crippen LogP contribution is 2.45. The maximum absolute atomic E-state index is 13.6. The number of fused-ring (bicyclic) bond motifs is 1. The molecule has 0 saturated carbocycles. The third kappa shape index (κ3) is 3.55. The molecule has 13 heteroatoms. The molecule has 208 valence electrons. The summed E-state index contributed by atoms with van der Waals surface area (Å²) in [6.07, 6.45) is 2.94. The van der Waals surface area contributed by atoms with Gasteiger partial charge in [0, 0.05) is 24.9 Å². The molecular weight excluding hydrogens is 504 g/mol. The van der Waals surface area contributed by atoms with Crippen LogP contribution < -0.4 is 22.1 Å². The first-order chi connectivity index (χ1) is 18.4. The minimum atomic E-state index is -2.61. The van der Waals surface area contributed by atoms with Crippen molar-refractivity contribution < 1.29 is 24.6 Å². The van der Waals surface area contributed by atoms with Crippen molar-refractivity contribution in [2.24, 2.45) is 21.5 Å². The summed E-state index contributed by atoms with van der Waals surface area (Å²) in [5, 5.41) is 29.1. The van der Waals surface area contributed by atoms with Gasteiger partial charge in [0.15, 0.2) is 17.6 Å². The van der Waals surface area contributed by atoms with Gasteiger partial charge in [0.05, 0.1) is 12.6 Å². The molecule has 39 heavy (non-hydrogen) atoms. The van der Waals surface area contributed by atoms with Gasteiger partial charge in [0.2, 0.25) is 17.6 Å². The number of imide groups is 1. The van der Waals surface area contributed by atoms with Gasteiger partial charge in [-0.05, 0) is 41.9 Å². The topological polar surface area (TPSA) is 199 Å². The van der Waals surface area contributed by atoms with E-state index in [-0.39, 0.29) is 55.1 Å². The Bertz CT molecular complexity index is 1320. The van der Waals surface area contributed by atoms with Gasteiger partial charge in [-0.1, -0.05) is 26.0 Å². The number of carbonyl (C=O) groups excluding carboxylic acids is 3. The second-order valence-electron chi connectivity index (χ2n) is 11.7. The Morgan fingerprint density at radius 3 is 2.59 bits per heavy atom. The molecule has 1 aromatic carbocycles. The molecule has 4 atom stereocenters. The second-order valence-corrected chi connectivity index (χ2v) is 11.7. The lowest BCUT2D eigenvalue weighted by Crippen LogP contribution is -2.78. The molecule has 0 radical (unpaired) electrons. The van der Waals surface area contributed by atoms with Crippen LogP contribution in [0.15, 0.2) is 28.2 Å². The normalized spacial score (nSPS) is 32.2. The van der Waals surface area contributed by atoms with Crippen LogP contribution in [-0.4, -0.2) is 92.3 Å². The molecule has 1 aliphatic carbocycles. The van der Waals surface area contributed by atoms with Crippen molar-refractivity contribution in [1.29, 1.82) is 0 Å². The summed E-state index contributed by atoms with van der Waals surface area (Å²) in [6, 6.07) is 2.56. The molecule has 0 unspecified atom stereocenters. The highest BCUT2D eigenvalue weighted by atomic mass is 16.5. The van der Waals surface area contributed by atoms with E-state index in [1.54, 1.807) is 6.07 Å². The smallest absolute Gasteiger partial charge is 0.252 e. The fourth-order valence-electron chi connectivity index (χ4n) is 7.03. The maximum Gasteiger partial charge on any atom is 0.252 e. The summed E-state index contributed by atoms with van der Waals surface area (Å²) in [6.45, 7) is 4.10. The number of aliphatic hydroxyl groups is 2. The average molecular weight is 539 g/mol. The van der Waals surface area contributed by atoms with Crippen LogP contribution in [0.4, 0.5) is 0 Å². The predicted octanol–water partition coefficient (Wildman–Crippen LogP) is -1.78. The van der Waals surface area contributed by atoms with Crippen molar-refractivity contribution in [2.45, 2.75) is 80.9 Å². The molecule has 0 bridgehead atoms. The zero-order chi connectivity index (χ0) is 27.9. The molecule has 13 nitrogen and oxygen atoms in total. The molecule has 8 N–H and O–H groups in total. The van der Waals surface area contributed by atoms with Crippen molar-refractivity contribution in [1.82, 2.24) is 20.4 Å². The Morgan fingerprint density at radius 1 is 1.15 bits per heavy atom. The number of rotatable bonds is 4. The molecule has 6 rings (SSSR count). The molecule has 4 aliphatic heterocycles. The molecule has 2 fully saturated rings. The third-order valence-corrected chi connectivity index (χ3v) is 9.01. The fraction of sp³-hybridized carbons (Fsp3) is 0.577. The van der Waals surface area contributed by atoms with E-state index >= 15 is 0 Å². The number of nitrogens with two attached hydrogens (primary N) is 2. The summed E-state index contributed by atoms with van der Waals surface area (Å²) in [5.41, 5.74) is 13.1. The van der Waals surface area contributed by atoms with E-state index in [0.717, 1.165) is 35.3 Å². The zero-order valence-electron chi connectivity index (χ0n) is 22.0. The van der Waals surface area contributed by atoms with Gasteiger partial charge in [-0.15, -0.1) is 0 Å². The van der Waals surface area contributed by atoms with Gasteiger partial charge in [0.1, 0.15) is 12.1 Å². The standard InChI is InChI=1S/C26H34N8O5/c1-24(2)10-4-6-13-14(5-3-7-15(13)24)21(37)30-17-12-34-23(28)29-16(11-33-18(35)8-9-19(33)36)20-25(34,26(17,38)39)32-22(27)31-20/h3,5,7,16-17,20,38-39H,4,6,8-12H2,1-2H3,(H2,28,29)(H,30,37)(H3,27,31,32)/t16-,17-,20-,25-/m0/s1. The second kappa shape index (κ2) is 8.39. The minimum absolute atomic E-state index is 0.0455.